The van der Waals surface area contributed by atoms with Crippen molar-refractivity contribution in [3.8, 4) is 0 Å². The van der Waals surface area contributed by atoms with E-state index in [9.17, 15) is 9.18 Å². The van der Waals surface area contributed by atoms with Gasteiger partial charge in [0, 0.05) is 38.0 Å². The van der Waals surface area contributed by atoms with Crippen LogP contribution in [-0.2, 0) is 4.79 Å². The van der Waals surface area contributed by atoms with Crippen LogP contribution in [0, 0.1) is 12.7 Å². The van der Waals surface area contributed by atoms with Gasteiger partial charge < -0.3 is 5.32 Å². The van der Waals surface area contributed by atoms with Gasteiger partial charge in [0.05, 0.1) is 17.9 Å². The first kappa shape index (κ1) is 15.5. The van der Waals surface area contributed by atoms with Crippen molar-refractivity contribution in [2.45, 2.75) is 32.7 Å². The third-order valence-electron chi connectivity index (χ3n) is 4.35. The predicted octanol–water partition coefficient (Wildman–Crippen LogP) is 2.50. The van der Waals surface area contributed by atoms with Crippen LogP contribution >= 0.6 is 0 Å². The summed E-state index contributed by atoms with van der Waals surface area (Å²) in [6.45, 7) is 4.19. The second kappa shape index (κ2) is 5.98. The van der Waals surface area contributed by atoms with Crippen molar-refractivity contribution in [1.29, 1.82) is 0 Å². The molecule has 1 saturated heterocycles. The number of aromatic nitrogens is 3. The molecule has 1 atom stereocenters. The van der Waals surface area contributed by atoms with E-state index in [2.05, 4.69) is 15.4 Å². The van der Waals surface area contributed by atoms with Crippen molar-refractivity contribution in [1.82, 2.24) is 14.8 Å². The minimum absolute atomic E-state index is 0.0673. The maximum atomic E-state index is 14.7. The summed E-state index contributed by atoms with van der Waals surface area (Å²) in [5.74, 6) is -0.356. The molecule has 1 unspecified atom stereocenters. The Bertz CT molecular complexity index is 742. The summed E-state index contributed by atoms with van der Waals surface area (Å²) >= 11 is 0. The lowest BCUT2D eigenvalue weighted by Crippen LogP contribution is -2.26. The van der Waals surface area contributed by atoms with Gasteiger partial charge in [0.25, 0.3) is 0 Å². The Hall–Kier alpha value is -2.44. The predicted molar refractivity (Wildman–Crippen MR) is 86.1 cm³/mol. The highest BCUT2D eigenvalue weighted by Crippen LogP contribution is 2.29. The number of amides is 1. The maximum absolute atomic E-state index is 14.7. The molecule has 3 heterocycles. The molecule has 6 nitrogen and oxygen atoms in total. The lowest BCUT2D eigenvalue weighted by molar-refractivity contribution is -0.117. The minimum Gasteiger partial charge on any atom is -0.386 e. The average Bonchev–Trinajstić information content (AvgIpc) is 3.18. The summed E-state index contributed by atoms with van der Waals surface area (Å²) in [6.07, 6.45) is 6.42. The highest BCUT2D eigenvalue weighted by Gasteiger charge is 2.27. The lowest BCUT2D eigenvalue weighted by atomic mass is 10.0. The molecular formula is C16H20FN5O. The van der Waals surface area contributed by atoms with E-state index >= 15 is 0 Å². The number of rotatable bonds is 4. The van der Waals surface area contributed by atoms with Crippen LogP contribution in [0.1, 0.15) is 36.9 Å². The number of pyridine rings is 1. The van der Waals surface area contributed by atoms with Gasteiger partial charge in [-0.05, 0) is 25.8 Å². The average molecular weight is 317 g/mol. The zero-order valence-corrected chi connectivity index (χ0v) is 13.5. The molecule has 1 N–H and O–H groups in total. The van der Waals surface area contributed by atoms with Crippen LogP contribution in [0.3, 0.4) is 0 Å². The van der Waals surface area contributed by atoms with E-state index in [0.717, 1.165) is 17.7 Å². The Labute approximate surface area is 134 Å². The first-order valence-corrected chi connectivity index (χ1v) is 7.70. The van der Waals surface area contributed by atoms with E-state index in [1.165, 1.54) is 4.90 Å². The minimum atomic E-state index is -0.425. The number of nitrogens with one attached hydrogen (secondary N) is 1. The largest absolute Gasteiger partial charge is 0.386 e. The fourth-order valence-corrected chi connectivity index (χ4v) is 2.88. The van der Waals surface area contributed by atoms with E-state index < -0.39 is 5.82 Å². The topological polar surface area (TPSA) is 63.1 Å². The summed E-state index contributed by atoms with van der Waals surface area (Å²) in [7, 11) is 1.82. The molecule has 2 aromatic heterocycles. The van der Waals surface area contributed by atoms with E-state index in [1.807, 2.05) is 20.2 Å². The van der Waals surface area contributed by atoms with E-state index in [0.29, 0.717) is 18.5 Å². The van der Waals surface area contributed by atoms with E-state index in [4.69, 9.17) is 0 Å². The summed E-state index contributed by atoms with van der Waals surface area (Å²) < 4.78 is 16.5. The number of nitrogens with zero attached hydrogens (tertiary/aromatic N) is 4. The number of hydrogen-bond acceptors (Lipinski definition) is 4. The van der Waals surface area contributed by atoms with Crippen LogP contribution in [0.25, 0.3) is 0 Å². The fourth-order valence-electron chi connectivity index (χ4n) is 2.88. The molecule has 1 amide bonds. The van der Waals surface area contributed by atoms with Crippen molar-refractivity contribution >= 4 is 17.4 Å². The van der Waals surface area contributed by atoms with Crippen LogP contribution in [0.15, 0.2) is 18.6 Å². The van der Waals surface area contributed by atoms with Gasteiger partial charge in [-0.3, -0.25) is 14.4 Å². The number of anilines is 2. The molecule has 1 aliphatic rings. The molecule has 0 bridgehead atoms. The normalized spacial score (nSPS) is 16.0. The van der Waals surface area contributed by atoms with Crippen LogP contribution in [0.5, 0.6) is 0 Å². The van der Waals surface area contributed by atoms with Crippen LogP contribution in [0.2, 0.25) is 0 Å². The molecule has 1 aliphatic heterocycles. The van der Waals surface area contributed by atoms with Crippen molar-refractivity contribution in [3.63, 3.8) is 0 Å². The molecule has 23 heavy (non-hydrogen) atoms. The highest BCUT2D eigenvalue weighted by atomic mass is 19.1. The Kier molecular flexibility index (Phi) is 4.02. The molecule has 0 aromatic carbocycles. The molecule has 7 heteroatoms. The van der Waals surface area contributed by atoms with Gasteiger partial charge in [-0.15, -0.1) is 0 Å². The Balaban J connectivity index is 1.94. The lowest BCUT2D eigenvalue weighted by Gasteiger charge is -2.20. The maximum Gasteiger partial charge on any atom is 0.228 e. The Morgan fingerprint density at radius 2 is 2.17 bits per heavy atom. The number of carbonyl (C=O) groups excluding carboxylic acids is 1. The van der Waals surface area contributed by atoms with Gasteiger partial charge in [0.1, 0.15) is 0 Å². The van der Waals surface area contributed by atoms with Gasteiger partial charge >= 0.3 is 0 Å². The van der Waals surface area contributed by atoms with Crippen molar-refractivity contribution < 1.29 is 9.18 Å². The second-order valence-electron chi connectivity index (χ2n) is 5.76. The van der Waals surface area contributed by atoms with E-state index in [-0.39, 0.29) is 17.8 Å². The molecule has 3 rings (SSSR count). The van der Waals surface area contributed by atoms with Gasteiger partial charge in [-0.25, -0.2) is 9.37 Å². The molecule has 0 saturated carbocycles. The SMILES string of the molecule is CNc1cnn(C(C)c2cnc(N3CCCC3=O)c(F)c2C)c1. The molecule has 122 valence electrons. The summed E-state index contributed by atoms with van der Waals surface area (Å²) in [5.41, 5.74) is 2.15. The van der Waals surface area contributed by atoms with Gasteiger partial charge in [0.2, 0.25) is 5.91 Å². The smallest absolute Gasteiger partial charge is 0.228 e. The van der Waals surface area contributed by atoms with Gasteiger partial charge in [-0.1, -0.05) is 0 Å². The fraction of sp³-hybridized carbons (Fsp3) is 0.438. The van der Waals surface area contributed by atoms with Crippen molar-refractivity contribution in [2.75, 3.05) is 23.8 Å². The molecule has 0 spiro atoms. The van der Waals surface area contributed by atoms with Gasteiger partial charge in [-0.2, -0.15) is 5.10 Å². The standard InChI is InChI=1S/C16H20FN5O/c1-10-13(11(2)22-9-12(18-3)7-20-22)8-19-16(15(10)17)21-6-4-5-14(21)23/h7-9,11,18H,4-6H2,1-3H3. The third-order valence-corrected chi connectivity index (χ3v) is 4.35. The molecule has 2 aromatic rings. The first-order valence-electron chi connectivity index (χ1n) is 7.70. The Morgan fingerprint density at radius 1 is 1.39 bits per heavy atom. The third kappa shape index (κ3) is 2.67. The number of carbonyl (C=O) groups is 1. The monoisotopic (exact) mass is 317 g/mol. The molecule has 0 radical (unpaired) electrons. The van der Waals surface area contributed by atoms with E-state index in [1.54, 1.807) is 24.0 Å². The zero-order chi connectivity index (χ0) is 16.6. The summed E-state index contributed by atoms with van der Waals surface area (Å²) in [4.78, 5) is 17.5. The van der Waals surface area contributed by atoms with Crippen molar-refractivity contribution in [2.24, 2.45) is 0 Å². The van der Waals surface area contributed by atoms with Crippen LogP contribution < -0.4 is 10.2 Å². The highest BCUT2D eigenvalue weighted by molar-refractivity contribution is 5.94. The van der Waals surface area contributed by atoms with Crippen LogP contribution in [-0.4, -0.2) is 34.3 Å². The van der Waals surface area contributed by atoms with Gasteiger partial charge in [0.15, 0.2) is 11.6 Å². The van der Waals surface area contributed by atoms with Crippen LogP contribution in [0.4, 0.5) is 15.9 Å². The summed E-state index contributed by atoms with van der Waals surface area (Å²) in [6, 6.07) is -0.151. The first-order chi connectivity index (χ1) is 11.0. The second-order valence-corrected chi connectivity index (χ2v) is 5.76. The number of hydrogen-bond donors (Lipinski definition) is 1. The quantitative estimate of drug-likeness (QED) is 0.941. The molecule has 1 fully saturated rings. The zero-order valence-electron chi connectivity index (χ0n) is 13.5. The molecule has 0 aliphatic carbocycles. The molecular weight excluding hydrogens is 297 g/mol. The number of halogens is 1. The van der Waals surface area contributed by atoms with Crippen molar-refractivity contribution in [3.05, 3.63) is 35.5 Å². The Morgan fingerprint density at radius 3 is 2.78 bits per heavy atom. The summed E-state index contributed by atoms with van der Waals surface area (Å²) in [5, 5.41) is 7.30.